The van der Waals surface area contributed by atoms with Gasteiger partial charge in [-0.1, -0.05) is 30.3 Å². The summed E-state index contributed by atoms with van der Waals surface area (Å²) in [5, 5.41) is 0. The lowest BCUT2D eigenvalue weighted by Crippen LogP contribution is -2.60. The van der Waals surface area contributed by atoms with Gasteiger partial charge >= 0.3 is 11.9 Å². The van der Waals surface area contributed by atoms with Crippen LogP contribution in [0, 0.1) is 29.6 Å². The molecule has 2 heterocycles. The summed E-state index contributed by atoms with van der Waals surface area (Å²) >= 11 is 1.87. The number of benzene rings is 1. The maximum Gasteiger partial charge on any atom is 0.342 e. The van der Waals surface area contributed by atoms with E-state index in [2.05, 4.69) is 30.3 Å². The highest BCUT2D eigenvalue weighted by atomic mass is 32.1. The van der Waals surface area contributed by atoms with E-state index in [0.717, 1.165) is 17.4 Å². The molecule has 1 atom stereocenters. The van der Waals surface area contributed by atoms with Crippen LogP contribution in [0.15, 0.2) is 42.0 Å². The Bertz CT molecular complexity index is 1110. The standard InChI is InChI=1S/C26H24O3S/c1-13-19-12-20(16-5-3-2-4-6-16)30-23(19)26(22-21(13)24(27)29-25(22)28)17-8-14-7-15(10-17)11-18(26)9-14/h2-6,12,14-15,17-18,22H,7-11H2,1H3/t14?,15?,17?,18?,22-,26?/m1/s1. The number of esters is 2. The molecule has 0 radical (unpaired) electrons. The molecule has 1 saturated heterocycles. The number of carbonyl (C=O) groups is 2. The molecule has 1 spiro atoms. The molecule has 30 heavy (non-hydrogen) atoms. The Morgan fingerprint density at radius 3 is 2.30 bits per heavy atom. The first kappa shape index (κ1) is 17.5. The summed E-state index contributed by atoms with van der Waals surface area (Å²) in [4.78, 5) is 28.6. The Morgan fingerprint density at radius 2 is 1.63 bits per heavy atom. The molecule has 8 rings (SSSR count). The maximum atomic E-state index is 13.2. The Labute approximate surface area is 180 Å². The van der Waals surface area contributed by atoms with Crippen LogP contribution in [0.5, 0.6) is 0 Å². The fourth-order valence-corrected chi connectivity index (χ4v) is 9.66. The second-order valence-electron chi connectivity index (χ2n) is 10.1. The molecule has 1 aromatic carbocycles. The van der Waals surface area contributed by atoms with Crippen LogP contribution in [0.25, 0.3) is 16.0 Å². The third-order valence-electron chi connectivity index (χ3n) is 8.90. The first-order valence-corrected chi connectivity index (χ1v) is 12.1. The average molecular weight is 417 g/mol. The molecule has 1 aliphatic heterocycles. The highest BCUT2D eigenvalue weighted by Gasteiger charge is 2.68. The SMILES string of the molecule is CC1=C2C(=O)OC(=O)[C@@H]2C2(c3sc(-c4ccccc4)cc31)C1CC3CC(C1)CC2C3. The molecular formula is C26H24O3S. The van der Waals surface area contributed by atoms with Crippen LogP contribution in [-0.2, 0) is 19.7 Å². The highest BCUT2D eigenvalue weighted by molar-refractivity contribution is 7.16. The molecule has 0 N–H and O–H groups in total. The van der Waals surface area contributed by atoms with Crippen LogP contribution in [-0.4, -0.2) is 11.9 Å². The van der Waals surface area contributed by atoms with Crippen molar-refractivity contribution in [1.82, 2.24) is 0 Å². The normalized spacial score (nSPS) is 38.2. The third-order valence-corrected chi connectivity index (χ3v) is 10.2. The zero-order chi connectivity index (χ0) is 20.2. The van der Waals surface area contributed by atoms with E-state index in [1.165, 1.54) is 53.0 Å². The summed E-state index contributed by atoms with van der Waals surface area (Å²) in [6.07, 6.45) is 6.18. The quantitative estimate of drug-likeness (QED) is 0.449. The molecular weight excluding hydrogens is 392 g/mol. The molecule has 2 aromatic rings. The molecule has 5 fully saturated rings. The highest BCUT2D eigenvalue weighted by Crippen LogP contribution is 2.70. The molecule has 3 nitrogen and oxygen atoms in total. The third kappa shape index (κ3) is 1.97. The van der Waals surface area contributed by atoms with Crippen molar-refractivity contribution in [2.45, 2.75) is 44.4 Å². The predicted molar refractivity (Wildman–Crippen MR) is 116 cm³/mol. The van der Waals surface area contributed by atoms with Gasteiger partial charge in [-0.15, -0.1) is 11.3 Å². The van der Waals surface area contributed by atoms with Crippen LogP contribution in [0.4, 0.5) is 0 Å². The summed E-state index contributed by atoms with van der Waals surface area (Å²) < 4.78 is 5.29. The minimum absolute atomic E-state index is 0.238. The second-order valence-corrected chi connectivity index (χ2v) is 11.2. The fraction of sp³-hybridized carbons (Fsp3) is 0.462. The van der Waals surface area contributed by atoms with E-state index in [9.17, 15) is 9.59 Å². The number of rotatable bonds is 1. The second kappa shape index (κ2) is 5.73. The molecule has 1 aromatic heterocycles. The summed E-state index contributed by atoms with van der Waals surface area (Å²) in [7, 11) is 0. The summed E-state index contributed by atoms with van der Waals surface area (Å²) in [5.41, 5.74) is 3.80. The number of ether oxygens (including phenoxy) is 1. The number of allylic oxidation sites excluding steroid dienone is 1. The van der Waals surface area contributed by atoms with Gasteiger partial charge in [-0.05, 0) is 85.5 Å². The van der Waals surface area contributed by atoms with Gasteiger partial charge in [0.25, 0.3) is 0 Å². The summed E-state index contributed by atoms with van der Waals surface area (Å²) in [6.45, 7) is 2.02. The zero-order valence-electron chi connectivity index (χ0n) is 17.0. The number of thiophene rings is 1. The summed E-state index contributed by atoms with van der Waals surface area (Å²) in [5.74, 6) is 1.51. The molecule has 0 unspecified atom stereocenters. The van der Waals surface area contributed by atoms with Crippen LogP contribution < -0.4 is 0 Å². The van der Waals surface area contributed by atoms with E-state index < -0.39 is 11.9 Å². The smallest absolute Gasteiger partial charge is 0.342 e. The molecule has 4 bridgehead atoms. The molecule has 0 amide bonds. The number of hydrogen-bond acceptors (Lipinski definition) is 4. The minimum atomic E-state index is -0.395. The van der Waals surface area contributed by atoms with Gasteiger partial charge in [0.15, 0.2) is 0 Å². The van der Waals surface area contributed by atoms with Gasteiger partial charge in [0, 0.05) is 15.2 Å². The van der Waals surface area contributed by atoms with Gasteiger partial charge in [0.05, 0.1) is 5.57 Å². The van der Waals surface area contributed by atoms with Gasteiger partial charge < -0.3 is 4.74 Å². The maximum absolute atomic E-state index is 13.2. The number of cyclic esters (lactones) is 2. The van der Waals surface area contributed by atoms with Gasteiger partial charge in [-0.2, -0.15) is 0 Å². The predicted octanol–water partition coefficient (Wildman–Crippen LogP) is 5.60. The molecule has 4 saturated carbocycles. The van der Waals surface area contributed by atoms with Crippen molar-refractivity contribution in [1.29, 1.82) is 0 Å². The molecule has 5 aliphatic carbocycles. The van der Waals surface area contributed by atoms with Crippen molar-refractivity contribution < 1.29 is 14.3 Å². The van der Waals surface area contributed by atoms with E-state index in [1.807, 2.05) is 24.3 Å². The van der Waals surface area contributed by atoms with E-state index in [4.69, 9.17) is 4.74 Å². The van der Waals surface area contributed by atoms with Crippen molar-refractivity contribution in [3.05, 3.63) is 52.4 Å². The molecule has 6 aliphatic rings. The van der Waals surface area contributed by atoms with Crippen LogP contribution in [0.1, 0.15) is 49.5 Å². The average Bonchev–Trinajstić information content (AvgIpc) is 3.31. The van der Waals surface area contributed by atoms with Crippen molar-refractivity contribution in [3.8, 4) is 10.4 Å². The van der Waals surface area contributed by atoms with Crippen molar-refractivity contribution >= 4 is 28.8 Å². The first-order chi connectivity index (χ1) is 14.6. The lowest BCUT2D eigenvalue weighted by Gasteiger charge is -2.63. The Morgan fingerprint density at radius 1 is 0.967 bits per heavy atom. The molecule has 152 valence electrons. The zero-order valence-corrected chi connectivity index (χ0v) is 17.8. The lowest BCUT2D eigenvalue weighted by atomic mass is 9.40. The van der Waals surface area contributed by atoms with E-state index in [-0.39, 0.29) is 11.4 Å². The number of carbonyl (C=O) groups excluding carboxylic acids is 2. The van der Waals surface area contributed by atoms with E-state index >= 15 is 0 Å². The topological polar surface area (TPSA) is 43.4 Å². The fourth-order valence-electron chi connectivity index (χ4n) is 8.06. The van der Waals surface area contributed by atoms with Crippen LogP contribution >= 0.6 is 11.3 Å². The largest absolute Gasteiger partial charge is 0.389 e. The summed E-state index contributed by atoms with van der Waals surface area (Å²) in [6, 6.07) is 12.8. The van der Waals surface area contributed by atoms with E-state index in [1.54, 1.807) is 0 Å². The molecule has 4 heteroatoms. The Kier molecular flexibility index (Phi) is 3.34. The monoisotopic (exact) mass is 416 g/mol. The first-order valence-electron chi connectivity index (χ1n) is 11.2. The van der Waals surface area contributed by atoms with Crippen LogP contribution in [0.2, 0.25) is 0 Å². The van der Waals surface area contributed by atoms with Crippen LogP contribution in [0.3, 0.4) is 0 Å². The van der Waals surface area contributed by atoms with Gasteiger partial charge in [0.2, 0.25) is 0 Å². The minimum Gasteiger partial charge on any atom is -0.389 e. The van der Waals surface area contributed by atoms with E-state index in [0.29, 0.717) is 17.4 Å². The lowest BCUT2D eigenvalue weighted by molar-refractivity contribution is -0.157. The van der Waals surface area contributed by atoms with Crippen molar-refractivity contribution in [2.24, 2.45) is 29.6 Å². The van der Waals surface area contributed by atoms with Gasteiger partial charge in [-0.3, -0.25) is 4.79 Å². The van der Waals surface area contributed by atoms with Gasteiger partial charge in [-0.25, -0.2) is 4.79 Å². The Balaban J connectivity index is 1.52. The number of hydrogen-bond donors (Lipinski definition) is 0. The van der Waals surface area contributed by atoms with Crippen molar-refractivity contribution in [2.75, 3.05) is 0 Å². The number of fused-ring (bicyclic) bond motifs is 2. The van der Waals surface area contributed by atoms with Crippen molar-refractivity contribution in [3.63, 3.8) is 0 Å². The Hall–Kier alpha value is -2.20. The van der Waals surface area contributed by atoms with Gasteiger partial charge in [0.1, 0.15) is 5.92 Å².